The molecule has 3 rings (SSSR count). The van der Waals surface area contributed by atoms with Crippen molar-refractivity contribution in [1.82, 2.24) is 14.5 Å². The summed E-state index contributed by atoms with van der Waals surface area (Å²) in [6.45, 7) is 7.19. The van der Waals surface area contributed by atoms with Crippen LogP contribution in [0.4, 0.5) is 5.82 Å². The molecule has 0 atom stereocenters. The van der Waals surface area contributed by atoms with Gasteiger partial charge in [-0.05, 0) is 25.5 Å². The van der Waals surface area contributed by atoms with Gasteiger partial charge in [0, 0.05) is 37.5 Å². The highest BCUT2D eigenvalue weighted by Gasteiger charge is 2.21. The summed E-state index contributed by atoms with van der Waals surface area (Å²) in [5, 5.41) is 4.55. The fourth-order valence-corrected chi connectivity index (χ4v) is 3.46. The molecule has 0 aromatic carbocycles. The summed E-state index contributed by atoms with van der Waals surface area (Å²) in [5.74, 6) is 0.596. The molecule has 0 aliphatic carbocycles. The average molecular weight is 389 g/mol. The lowest BCUT2D eigenvalue weighted by molar-refractivity contribution is -0.139. The van der Waals surface area contributed by atoms with E-state index in [9.17, 15) is 9.59 Å². The van der Waals surface area contributed by atoms with Crippen LogP contribution in [0.15, 0.2) is 17.1 Å². The number of nitrogens with zero attached hydrogens (tertiary/aromatic N) is 4. The van der Waals surface area contributed by atoms with Crippen molar-refractivity contribution in [2.45, 2.75) is 26.8 Å². The maximum absolute atomic E-state index is 12.8. The number of carbonyl (C=O) groups excluding carboxylic acids is 1. The third-order valence-electron chi connectivity index (χ3n) is 5.03. The molecular formula is C19H27N5O4. The third-order valence-corrected chi connectivity index (χ3v) is 5.03. The summed E-state index contributed by atoms with van der Waals surface area (Å²) in [5.41, 5.74) is 6.05. The molecule has 0 spiro atoms. The lowest BCUT2D eigenvalue weighted by Gasteiger charge is -2.29. The maximum Gasteiger partial charge on any atom is 0.310 e. The number of anilines is 1. The van der Waals surface area contributed by atoms with Crippen LogP contribution in [0.2, 0.25) is 0 Å². The zero-order valence-electron chi connectivity index (χ0n) is 16.8. The average Bonchev–Trinajstić information content (AvgIpc) is 2.98. The van der Waals surface area contributed by atoms with Crippen LogP contribution in [0.5, 0.6) is 0 Å². The fourth-order valence-electron chi connectivity index (χ4n) is 3.46. The van der Waals surface area contributed by atoms with Crippen molar-refractivity contribution in [2.24, 2.45) is 7.05 Å². The second-order valence-electron chi connectivity index (χ2n) is 6.85. The van der Waals surface area contributed by atoms with E-state index in [1.807, 2.05) is 31.6 Å². The van der Waals surface area contributed by atoms with E-state index in [4.69, 9.17) is 9.47 Å². The van der Waals surface area contributed by atoms with Gasteiger partial charge in [-0.25, -0.2) is 4.68 Å². The van der Waals surface area contributed by atoms with E-state index in [1.165, 1.54) is 11.8 Å². The largest absolute Gasteiger partial charge is 0.469 e. The minimum Gasteiger partial charge on any atom is -0.469 e. The molecule has 1 aliphatic rings. The second-order valence-corrected chi connectivity index (χ2v) is 6.85. The van der Waals surface area contributed by atoms with E-state index in [2.05, 4.69) is 15.4 Å². The highest BCUT2D eigenvalue weighted by molar-refractivity contribution is 5.72. The first kappa shape index (κ1) is 19.9. The lowest BCUT2D eigenvalue weighted by atomic mass is 10.1. The van der Waals surface area contributed by atoms with E-state index < -0.39 is 5.97 Å². The van der Waals surface area contributed by atoms with Crippen LogP contribution in [0.25, 0.3) is 0 Å². The maximum atomic E-state index is 12.8. The molecule has 2 aromatic rings. The topological polar surface area (TPSA) is 90.6 Å². The van der Waals surface area contributed by atoms with Crippen LogP contribution in [0.1, 0.15) is 22.4 Å². The van der Waals surface area contributed by atoms with Crippen LogP contribution in [0.3, 0.4) is 0 Å². The minimum absolute atomic E-state index is 0.0470. The molecule has 0 radical (unpaired) electrons. The number of aryl methyl sites for hydroxylation is 3. The Labute approximate surface area is 163 Å². The van der Waals surface area contributed by atoms with Crippen molar-refractivity contribution in [3.05, 3.63) is 45.0 Å². The van der Waals surface area contributed by atoms with Crippen LogP contribution >= 0.6 is 0 Å². The standard InChI is InChI=1S/C19H27N5O4/c1-13-5-6-24(19(26)15(13)11-17(25)27-4)20-12-16-14(2)21-22(3)18(16)23-7-9-28-10-8-23/h5-6,20H,7-12H2,1-4H3. The summed E-state index contributed by atoms with van der Waals surface area (Å²) in [6, 6.07) is 1.81. The molecule has 152 valence electrons. The van der Waals surface area contributed by atoms with Gasteiger partial charge >= 0.3 is 5.97 Å². The molecule has 1 N–H and O–H groups in total. The molecule has 28 heavy (non-hydrogen) atoms. The van der Waals surface area contributed by atoms with Gasteiger partial charge in [0.2, 0.25) is 0 Å². The van der Waals surface area contributed by atoms with E-state index in [0.717, 1.165) is 35.7 Å². The Morgan fingerprint density at radius 2 is 2.00 bits per heavy atom. The molecule has 1 fully saturated rings. The first-order valence-electron chi connectivity index (χ1n) is 9.29. The number of morpholine rings is 1. The van der Waals surface area contributed by atoms with E-state index in [0.29, 0.717) is 25.3 Å². The highest BCUT2D eigenvalue weighted by Crippen LogP contribution is 2.24. The van der Waals surface area contributed by atoms with Crippen LogP contribution in [-0.4, -0.2) is 53.8 Å². The van der Waals surface area contributed by atoms with Crippen molar-refractivity contribution in [3.63, 3.8) is 0 Å². The van der Waals surface area contributed by atoms with Gasteiger partial charge < -0.3 is 19.8 Å². The number of ether oxygens (including phenoxy) is 2. The number of rotatable bonds is 6. The smallest absolute Gasteiger partial charge is 0.310 e. The predicted octanol–water partition coefficient (Wildman–Crippen LogP) is 0.494. The van der Waals surface area contributed by atoms with Gasteiger partial charge in [-0.15, -0.1) is 0 Å². The van der Waals surface area contributed by atoms with Gasteiger partial charge in [-0.2, -0.15) is 5.10 Å². The molecule has 9 heteroatoms. The van der Waals surface area contributed by atoms with Crippen LogP contribution in [0, 0.1) is 13.8 Å². The van der Waals surface area contributed by atoms with Gasteiger partial charge in [0.15, 0.2) is 0 Å². The summed E-state index contributed by atoms with van der Waals surface area (Å²) < 4.78 is 13.4. The Morgan fingerprint density at radius 3 is 2.68 bits per heavy atom. The van der Waals surface area contributed by atoms with E-state index in [1.54, 1.807) is 6.20 Å². The van der Waals surface area contributed by atoms with Gasteiger partial charge in [-0.3, -0.25) is 14.3 Å². The van der Waals surface area contributed by atoms with Crippen molar-refractivity contribution in [1.29, 1.82) is 0 Å². The molecule has 2 aromatic heterocycles. The number of nitrogens with one attached hydrogen (secondary N) is 1. The Bertz CT molecular complexity index is 912. The third kappa shape index (κ3) is 4.04. The number of pyridine rings is 1. The number of carbonyl (C=O) groups is 1. The van der Waals surface area contributed by atoms with Gasteiger partial charge in [0.05, 0.1) is 39.0 Å². The summed E-state index contributed by atoms with van der Waals surface area (Å²) in [6.07, 6.45) is 1.63. The number of aromatic nitrogens is 3. The monoisotopic (exact) mass is 389 g/mol. The Hall–Kier alpha value is -2.81. The molecule has 9 nitrogen and oxygen atoms in total. The molecule has 1 saturated heterocycles. The molecule has 0 amide bonds. The predicted molar refractivity (Wildman–Crippen MR) is 105 cm³/mol. The Balaban J connectivity index is 1.84. The Morgan fingerprint density at radius 1 is 1.29 bits per heavy atom. The zero-order valence-corrected chi connectivity index (χ0v) is 16.8. The molecule has 0 bridgehead atoms. The first-order chi connectivity index (χ1) is 13.4. The summed E-state index contributed by atoms with van der Waals surface area (Å²) in [4.78, 5) is 26.7. The Kier molecular flexibility index (Phi) is 6.03. The SMILES string of the molecule is COC(=O)Cc1c(C)ccn(NCc2c(C)nn(C)c2N2CCOCC2)c1=O. The van der Waals surface area contributed by atoms with Gasteiger partial charge in [0.1, 0.15) is 5.82 Å². The molecule has 3 heterocycles. The van der Waals surface area contributed by atoms with Gasteiger partial charge in [-0.1, -0.05) is 0 Å². The number of methoxy groups -OCH3 is 1. The van der Waals surface area contributed by atoms with Crippen molar-refractivity contribution >= 4 is 11.8 Å². The lowest BCUT2D eigenvalue weighted by Crippen LogP contribution is -2.38. The second kappa shape index (κ2) is 8.47. The number of hydrogen-bond donors (Lipinski definition) is 1. The van der Waals surface area contributed by atoms with E-state index in [-0.39, 0.29) is 12.0 Å². The molecular weight excluding hydrogens is 362 g/mol. The fraction of sp³-hybridized carbons (Fsp3) is 0.526. The van der Waals surface area contributed by atoms with Crippen molar-refractivity contribution in [3.8, 4) is 0 Å². The van der Waals surface area contributed by atoms with Gasteiger partial charge in [0.25, 0.3) is 5.56 Å². The zero-order chi connectivity index (χ0) is 20.3. The number of hydrogen-bond acceptors (Lipinski definition) is 7. The number of esters is 1. The molecule has 1 aliphatic heterocycles. The van der Waals surface area contributed by atoms with Crippen molar-refractivity contribution in [2.75, 3.05) is 43.7 Å². The minimum atomic E-state index is -0.435. The summed E-state index contributed by atoms with van der Waals surface area (Å²) >= 11 is 0. The quantitative estimate of drug-likeness (QED) is 0.719. The van der Waals surface area contributed by atoms with Crippen LogP contribution in [-0.2, 0) is 34.3 Å². The first-order valence-corrected chi connectivity index (χ1v) is 9.29. The highest BCUT2D eigenvalue weighted by atomic mass is 16.5. The van der Waals surface area contributed by atoms with Crippen molar-refractivity contribution < 1.29 is 14.3 Å². The van der Waals surface area contributed by atoms with Crippen LogP contribution < -0.4 is 15.9 Å². The molecule has 0 unspecified atom stereocenters. The normalized spacial score (nSPS) is 14.2. The summed E-state index contributed by atoms with van der Waals surface area (Å²) in [7, 11) is 3.24. The molecule has 0 saturated carbocycles. The van der Waals surface area contributed by atoms with E-state index >= 15 is 0 Å².